The fourth-order valence-corrected chi connectivity index (χ4v) is 2.55. The minimum absolute atomic E-state index is 0.0463. The van der Waals surface area contributed by atoms with Crippen LogP contribution in [0.3, 0.4) is 0 Å². The molecule has 0 unspecified atom stereocenters. The van der Waals surface area contributed by atoms with Gasteiger partial charge in [-0.2, -0.15) is 0 Å². The first-order valence-electron chi connectivity index (χ1n) is 6.64. The molecule has 21 heavy (non-hydrogen) atoms. The Morgan fingerprint density at radius 2 is 1.95 bits per heavy atom. The van der Waals surface area contributed by atoms with Gasteiger partial charge in [0, 0.05) is 18.4 Å². The van der Waals surface area contributed by atoms with Crippen LogP contribution in [0, 0.1) is 0 Å². The summed E-state index contributed by atoms with van der Waals surface area (Å²) in [5.74, 6) is -1.56. The van der Waals surface area contributed by atoms with E-state index in [4.69, 9.17) is 4.52 Å². The van der Waals surface area contributed by atoms with Gasteiger partial charge in [-0.3, -0.25) is 14.4 Å². The zero-order valence-electron chi connectivity index (χ0n) is 12.6. The lowest BCUT2D eigenvalue weighted by molar-refractivity contribution is 0.0944. The van der Waals surface area contributed by atoms with Gasteiger partial charge in [0.15, 0.2) is 5.69 Å². The van der Waals surface area contributed by atoms with Crippen LogP contribution in [0.1, 0.15) is 59.1 Å². The molecule has 1 amide bonds. The molecule has 0 saturated heterocycles. The van der Waals surface area contributed by atoms with Crippen LogP contribution >= 0.6 is 11.8 Å². The number of fused-ring (bicyclic) bond motifs is 1. The molecule has 2 rings (SSSR count). The predicted molar refractivity (Wildman–Crippen MR) is 80.7 cm³/mol. The summed E-state index contributed by atoms with van der Waals surface area (Å²) in [7, 11) is 1.41. The van der Waals surface area contributed by atoms with E-state index in [-0.39, 0.29) is 22.3 Å². The van der Waals surface area contributed by atoms with Gasteiger partial charge < -0.3 is 9.84 Å². The minimum atomic E-state index is -0.554. The SMILES string of the molecule is CC.CNC(=O)c1noc2c1C(=O)C(SC(C)C)=CC2=O. The molecule has 1 aromatic rings. The number of allylic oxidation sites excluding steroid dienone is 2. The Bertz CT molecular complexity index is 602. The van der Waals surface area contributed by atoms with Crippen molar-refractivity contribution in [1.82, 2.24) is 10.5 Å². The second-order valence-electron chi connectivity index (χ2n) is 4.18. The smallest absolute Gasteiger partial charge is 0.274 e. The number of rotatable bonds is 3. The topological polar surface area (TPSA) is 89.3 Å². The fraction of sp³-hybridized carbons (Fsp3) is 0.429. The molecule has 114 valence electrons. The van der Waals surface area contributed by atoms with Crippen molar-refractivity contribution >= 4 is 29.2 Å². The second-order valence-corrected chi connectivity index (χ2v) is 5.80. The fourth-order valence-electron chi connectivity index (χ4n) is 1.66. The minimum Gasteiger partial charge on any atom is -0.354 e. The molecule has 1 N–H and O–H groups in total. The van der Waals surface area contributed by atoms with Crippen LogP contribution in [-0.2, 0) is 0 Å². The van der Waals surface area contributed by atoms with E-state index in [2.05, 4.69) is 10.5 Å². The van der Waals surface area contributed by atoms with Crippen molar-refractivity contribution in [3.63, 3.8) is 0 Å². The first-order valence-corrected chi connectivity index (χ1v) is 7.52. The molecule has 1 aliphatic carbocycles. The predicted octanol–water partition coefficient (Wildman–Crippen LogP) is 2.46. The lowest BCUT2D eigenvalue weighted by Crippen LogP contribution is -2.23. The highest BCUT2D eigenvalue weighted by Gasteiger charge is 2.35. The van der Waals surface area contributed by atoms with Crippen molar-refractivity contribution < 1.29 is 18.9 Å². The van der Waals surface area contributed by atoms with E-state index < -0.39 is 17.5 Å². The molecule has 1 heterocycles. The lowest BCUT2D eigenvalue weighted by Gasteiger charge is -2.12. The van der Waals surface area contributed by atoms with Crippen LogP contribution < -0.4 is 5.32 Å². The summed E-state index contributed by atoms with van der Waals surface area (Å²) in [6.07, 6.45) is 1.23. The molecular weight excluding hydrogens is 292 g/mol. The molecule has 6 nitrogen and oxygen atoms in total. The summed E-state index contributed by atoms with van der Waals surface area (Å²) in [4.78, 5) is 36.0. The summed E-state index contributed by atoms with van der Waals surface area (Å²) < 4.78 is 4.81. The molecule has 0 aromatic carbocycles. The average Bonchev–Trinajstić information content (AvgIpc) is 2.91. The molecule has 0 saturated carbocycles. The zero-order valence-corrected chi connectivity index (χ0v) is 13.5. The Hall–Kier alpha value is -1.89. The third-order valence-electron chi connectivity index (χ3n) is 2.43. The van der Waals surface area contributed by atoms with E-state index >= 15 is 0 Å². The van der Waals surface area contributed by atoms with Crippen LogP contribution in [0.5, 0.6) is 0 Å². The Kier molecular flexibility index (Phi) is 5.90. The van der Waals surface area contributed by atoms with Crippen molar-refractivity contribution in [2.45, 2.75) is 32.9 Å². The number of carbonyl (C=O) groups excluding carboxylic acids is 3. The average molecular weight is 310 g/mol. The number of Topliss-reactive ketones (excluding diaryl/α,β-unsaturated/α-hetero) is 1. The molecule has 1 aliphatic rings. The Balaban J connectivity index is 0.00000106. The number of thioether (sulfide) groups is 1. The van der Waals surface area contributed by atoms with E-state index in [9.17, 15) is 14.4 Å². The number of amides is 1. The highest BCUT2D eigenvalue weighted by molar-refractivity contribution is 8.04. The lowest BCUT2D eigenvalue weighted by atomic mass is 10.00. The summed E-state index contributed by atoms with van der Waals surface area (Å²) in [5.41, 5.74) is -0.194. The highest BCUT2D eigenvalue weighted by Crippen LogP contribution is 2.32. The number of hydrogen-bond donors (Lipinski definition) is 1. The molecule has 7 heteroatoms. The first-order chi connectivity index (χ1) is 9.95. The van der Waals surface area contributed by atoms with Gasteiger partial charge in [-0.25, -0.2) is 0 Å². The quantitative estimate of drug-likeness (QED) is 0.922. The number of nitrogens with one attached hydrogen (secondary N) is 1. The van der Waals surface area contributed by atoms with Gasteiger partial charge in [0.05, 0.1) is 4.91 Å². The van der Waals surface area contributed by atoms with E-state index in [1.165, 1.54) is 24.9 Å². The van der Waals surface area contributed by atoms with Crippen LogP contribution in [0.25, 0.3) is 0 Å². The normalized spacial score (nSPS) is 13.3. The van der Waals surface area contributed by atoms with Crippen LogP contribution in [-0.4, -0.2) is 34.9 Å². The van der Waals surface area contributed by atoms with E-state index in [1.54, 1.807) is 0 Å². The standard InChI is InChI=1S/C12H12N2O4S.C2H6/c1-5(2)19-7-4-6(15)11-8(10(7)16)9(14-18-11)12(17)13-3;1-2/h4-5H,1-3H3,(H,13,17);1-2H3. The van der Waals surface area contributed by atoms with Gasteiger partial charge in [0.2, 0.25) is 17.3 Å². The van der Waals surface area contributed by atoms with Crippen LogP contribution in [0.2, 0.25) is 0 Å². The van der Waals surface area contributed by atoms with E-state index in [0.717, 1.165) is 0 Å². The molecule has 0 atom stereocenters. The number of ketones is 2. The van der Waals surface area contributed by atoms with Gasteiger partial charge in [-0.1, -0.05) is 32.9 Å². The summed E-state index contributed by atoms with van der Waals surface area (Å²) in [6, 6.07) is 0. The Morgan fingerprint density at radius 1 is 1.33 bits per heavy atom. The maximum Gasteiger partial charge on any atom is 0.274 e. The Morgan fingerprint density at radius 3 is 2.48 bits per heavy atom. The highest BCUT2D eigenvalue weighted by atomic mass is 32.2. The second kappa shape index (κ2) is 7.21. The van der Waals surface area contributed by atoms with E-state index in [1.807, 2.05) is 27.7 Å². The van der Waals surface area contributed by atoms with Gasteiger partial charge in [-0.05, 0) is 0 Å². The molecule has 0 bridgehead atoms. The van der Waals surface area contributed by atoms with Crippen LogP contribution in [0.15, 0.2) is 15.5 Å². The zero-order chi connectivity index (χ0) is 16.2. The van der Waals surface area contributed by atoms with Crippen molar-refractivity contribution in [1.29, 1.82) is 0 Å². The molecule has 1 aromatic heterocycles. The molecule has 0 spiro atoms. The third kappa shape index (κ3) is 3.41. The maximum atomic E-state index is 12.3. The van der Waals surface area contributed by atoms with E-state index in [0.29, 0.717) is 4.91 Å². The monoisotopic (exact) mass is 310 g/mol. The summed E-state index contributed by atoms with van der Waals surface area (Å²) in [6.45, 7) is 7.82. The van der Waals surface area contributed by atoms with Gasteiger partial charge in [0.25, 0.3) is 5.91 Å². The molecule has 0 fully saturated rings. The largest absolute Gasteiger partial charge is 0.354 e. The van der Waals surface area contributed by atoms with Crippen molar-refractivity contribution in [2.75, 3.05) is 7.05 Å². The number of hydrogen-bond acceptors (Lipinski definition) is 6. The number of nitrogens with zero attached hydrogens (tertiary/aromatic N) is 1. The number of aromatic nitrogens is 1. The van der Waals surface area contributed by atoms with Crippen molar-refractivity contribution in [3.8, 4) is 0 Å². The van der Waals surface area contributed by atoms with Gasteiger partial charge >= 0.3 is 0 Å². The first kappa shape index (κ1) is 17.2. The summed E-state index contributed by atoms with van der Waals surface area (Å²) in [5, 5.41) is 6.02. The Labute approximate surface area is 127 Å². The third-order valence-corrected chi connectivity index (χ3v) is 3.46. The van der Waals surface area contributed by atoms with Crippen molar-refractivity contribution in [2.24, 2.45) is 0 Å². The molecule has 0 radical (unpaired) electrons. The molecular formula is C14H18N2O4S. The van der Waals surface area contributed by atoms with Crippen molar-refractivity contribution in [3.05, 3.63) is 28.0 Å². The molecule has 0 aliphatic heterocycles. The summed E-state index contributed by atoms with van der Waals surface area (Å²) >= 11 is 1.27. The van der Waals surface area contributed by atoms with Crippen LogP contribution in [0.4, 0.5) is 0 Å². The van der Waals surface area contributed by atoms with Gasteiger partial charge in [0.1, 0.15) is 5.56 Å². The maximum absolute atomic E-state index is 12.3. The number of carbonyl (C=O) groups is 3. The van der Waals surface area contributed by atoms with Gasteiger partial charge in [-0.15, -0.1) is 11.8 Å².